The molecule has 53 heavy (non-hydrogen) atoms. The average Bonchev–Trinajstić information content (AvgIpc) is 3.47. The van der Waals surface area contributed by atoms with Gasteiger partial charge in [-0.15, -0.1) is 0 Å². The van der Waals surface area contributed by atoms with E-state index in [0.717, 1.165) is 46.2 Å². The molecule has 7 aromatic rings. The monoisotopic (exact) mass is 680 g/mol. The summed E-state index contributed by atoms with van der Waals surface area (Å²) < 4.78 is 0. The molecule has 0 unspecified atom stereocenters. The van der Waals surface area contributed by atoms with E-state index in [1.54, 1.807) is 0 Å². The van der Waals surface area contributed by atoms with Gasteiger partial charge in [-0.1, -0.05) is 159 Å². The molecular weight excluding hydrogens is 645 g/mol. The minimum Gasteiger partial charge on any atom is -0.208 e. The van der Waals surface area contributed by atoms with Crippen molar-refractivity contribution in [3.63, 3.8) is 0 Å². The van der Waals surface area contributed by atoms with Crippen LogP contribution < -0.4 is 0 Å². The molecule has 0 spiro atoms. The van der Waals surface area contributed by atoms with Gasteiger partial charge in [0, 0.05) is 22.1 Å². The standard InChI is InChI=1S/C49H36N4/c1-49(2)42-16-10-9-15-41(42)45-43(49)30-29-40(44(45)36-25-21-34(22-26-36)33-19-17-32(31-50)18-20-33)35-23-27-39(28-24-35)48-52-46(37-11-5-3-6-12-37)51-47(53-48)38-13-7-4-8-14-38/h3-8,10-14,16-30H,9,15H2,1-2H3. The zero-order valence-electron chi connectivity index (χ0n) is 29.7. The highest BCUT2D eigenvalue weighted by Gasteiger charge is 2.39. The van der Waals surface area contributed by atoms with Crippen molar-refractivity contribution >= 4 is 5.57 Å². The molecule has 0 fully saturated rings. The Morgan fingerprint density at radius 3 is 1.57 bits per heavy atom. The Balaban J connectivity index is 1.17. The molecule has 0 radical (unpaired) electrons. The second-order valence-corrected chi connectivity index (χ2v) is 14.3. The fourth-order valence-corrected chi connectivity index (χ4v) is 7.93. The maximum absolute atomic E-state index is 9.29. The average molecular weight is 681 g/mol. The molecule has 0 saturated carbocycles. The smallest absolute Gasteiger partial charge is 0.164 e. The number of benzene rings is 6. The molecule has 2 aliphatic rings. The van der Waals surface area contributed by atoms with Gasteiger partial charge < -0.3 is 0 Å². The number of nitrogens with zero attached hydrogens (tertiary/aromatic N) is 4. The summed E-state index contributed by atoms with van der Waals surface area (Å²) in [6.45, 7) is 4.72. The molecule has 0 amide bonds. The van der Waals surface area contributed by atoms with Gasteiger partial charge >= 0.3 is 0 Å². The Morgan fingerprint density at radius 1 is 0.509 bits per heavy atom. The first-order chi connectivity index (χ1) is 26.0. The lowest BCUT2D eigenvalue weighted by molar-refractivity contribution is 0.651. The van der Waals surface area contributed by atoms with Gasteiger partial charge in [0.05, 0.1) is 11.6 Å². The maximum atomic E-state index is 9.29. The van der Waals surface area contributed by atoms with E-state index in [-0.39, 0.29) is 5.41 Å². The molecule has 4 heteroatoms. The van der Waals surface area contributed by atoms with Crippen LogP contribution in [0.3, 0.4) is 0 Å². The SMILES string of the molecule is CC1(C)C2=C(CCC=C2)c2c1ccc(-c1ccc(-c3nc(-c4ccccc4)nc(-c4ccccc4)n3)cc1)c2-c1ccc(-c2ccc(C#N)cc2)cc1. The van der Waals surface area contributed by atoms with Crippen molar-refractivity contribution in [1.29, 1.82) is 5.26 Å². The van der Waals surface area contributed by atoms with Crippen LogP contribution in [-0.4, -0.2) is 15.0 Å². The predicted molar refractivity (Wildman–Crippen MR) is 215 cm³/mol. The van der Waals surface area contributed by atoms with E-state index in [9.17, 15) is 5.26 Å². The minimum atomic E-state index is -0.0766. The molecule has 6 aromatic carbocycles. The van der Waals surface area contributed by atoms with Crippen LogP contribution in [0.2, 0.25) is 0 Å². The van der Waals surface area contributed by atoms with Crippen LogP contribution in [-0.2, 0) is 5.41 Å². The zero-order chi connectivity index (χ0) is 35.9. The van der Waals surface area contributed by atoms with E-state index in [4.69, 9.17) is 15.0 Å². The Morgan fingerprint density at radius 2 is 1.00 bits per heavy atom. The van der Waals surface area contributed by atoms with Crippen LogP contribution >= 0.6 is 0 Å². The van der Waals surface area contributed by atoms with E-state index in [1.807, 2.05) is 84.9 Å². The number of aromatic nitrogens is 3. The number of hydrogen-bond acceptors (Lipinski definition) is 4. The van der Waals surface area contributed by atoms with Gasteiger partial charge in [-0.3, -0.25) is 0 Å². The highest BCUT2D eigenvalue weighted by atomic mass is 15.0. The van der Waals surface area contributed by atoms with Gasteiger partial charge in [-0.2, -0.15) is 5.26 Å². The van der Waals surface area contributed by atoms with Gasteiger partial charge in [0.1, 0.15) is 0 Å². The van der Waals surface area contributed by atoms with Crippen LogP contribution in [0.4, 0.5) is 0 Å². The third-order valence-electron chi connectivity index (χ3n) is 10.7. The van der Waals surface area contributed by atoms with Gasteiger partial charge in [0.15, 0.2) is 17.5 Å². The zero-order valence-corrected chi connectivity index (χ0v) is 29.7. The van der Waals surface area contributed by atoms with Crippen LogP contribution in [0.25, 0.3) is 73.1 Å². The van der Waals surface area contributed by atoms with Crippen LogP contribution in [0.5, 0.6) is 0 Å². The van der Waals surface area contributed by atoms with Gasteiger partial charge in [0.2, 0.25) is 0 Å². The van der Waals surface area contributed by atoms with Crippen molar-refractivity contribution in [1.82, 2.24) is 15.0 Å². The summed E-state index contributed by atoms with van der Waals surface area (Å²) in [6, 6.07) is 52.5. The topological polar surface area (TPSA) is 62.5 Å². The Hall–Kier alpha value is -6.70. The molecule has 0 saturated heterocycles. The van der Waals surface area contributed by atoms with Crippen molar-refractivity contribution < 1.29 is 0 Å². The molecule has 1 aromatic heterocycles. The van der Waals surface area contributed by atoms with Gasteiger partial charge in [-0.05, 0) is 80.6 Å². The summed E-state index contributed by atoms with van der Waals surface area (Å²) in [5.74, 6) is 1.94. The molecule has 2 aliphatic carbocycles. The van der Waals surface area contributed by atoms with Gasteiger partial charge in [0.25, 0.3) is 0 Å². The summed E-state index contributed by atoms with van der Waals surface area (Å²) in [5.41, 5.74) is 16.1. The number of nitriles is 1. The number of rotatable bonds is 6. The van der Waals surface area contributed by atoms with E-state index >= 15 is 0 Å². The Kier molecular flexibility index (Phi) is 7.98. The lowest BCUT2D eigenvalue weighted by Gasteiger charge is -2.24. The van der Waals surface area contributed by atoms with Crippen molar-refractivity contribution in [3.8, 4) is 73.6 Å². The van der Waals surface area contributed by atoms with Crippen LogP contribution in [0, 0.1) is 11.3 Å². The molecule has 4 nitrogen and oxygen atoms in total. The summed E-state index contributed by atoms with van der Waals surface area (Å²) in [5, 5.41) is 9.29. The van der Waals surface area contributed by atoms with Crippen molar-refractivity contribution in [2.75, 3.05) is 0 Å². The second kappa shape index (κ2) is 13.1. The lowest BCUT2D eigenvalue weighted by atomic mass is 9.79. The number of fused-ring (bicyclic) bond motifs is 2. The quantitative estimate of drug-likeness (QED) is 0.175. The lowest BCUT2D eigenvalue weighted by Crippen LogP contribution is -2.16. The highest BCUT2D eigenvalue weighted by molar-refractivity contribution is 5.98. The van der Waals surface area contributed by atoms with Crippen molar-refractivity contribution in [3.05, 3.63) is 180 Å². The molecule has 9 rings (SSSR count). The normalized spacial score (nSPS) is 14.1. The molecule has 0 aliphatic heterocycles. The van der Waals surface area contributed by atoms with Gasteiger partial charge in [-0.25, -0.2) is 15.0 Å². The Bertz CT molecular complexity index is 2530. The summed E-state index contributed by atoms with van der Waals surface area (Å²) >= 11 is 0. The third kappa shape index (κ3) is 5.77. The fourth-order valence-electron chi connectivity index (χ4n) is 7.93. The van der Waals surface area contributed by atoms with E-state index in [1.165, 1.54) is 39.0 Å². The maximum Gasteiger partial charge on any atom is 0.164 e. The summed E-state index contributed by atoms with van der Waals surface area (Å²) in [7, 11) is 0. The van der Waals surface area contributed by atoms with Crippen LogP contribution in [0.15, 0.2) is 163 Å². The number of allylic oxidation sites excluding steroid dienone is 4. The second-order valence-electron chi connectivity index (χ2n) is 14.3. The van der Waals surface area contributed by atoms with Crippen molar-refractivity contribution in [2.45, 2.75) is 32.1 Å². The minimum absolute atomic E-state index is 0.0766. The first-order valence-corrected chi connectivity index (χ1v) is 18.1. The fraction of sp³-hybridized carbons (Fsp3) is 0.102. The van der Waals surface area contributed by atoms with E-state index in [2.05, 4.69) is 92.7 Å². The number of hydrogen-bond donors (Lipinski definition) is 0. The van der Waals surface area contributed by atoms with Crippen molar-refractivity contribution in [2.24, 2.45) is 0 Å². The largest absolute Gasteiger partial charge is 0.208 e. The Labute approximate surface area is 310 Å². The molecule has 1 heterocycles. The predicted octanol–water partition coefficient (Wildman–Crippen LogP) is 12.1. The first kappa shape index (κ1) is 32.2. The third-order valence-corrected chi connectivity index (χ3v) is 10.7. The summed E-state index contributed by atoms with van der Waals surface area (Å²) in [6.07, 6.45) is 6.76. The van der Waals surface area contributed by atoms with E-state index in [0.29, 0.717) is 23.0 Å². The molecule has 0 atom stereocenters. The molecule has 0 bridgehead atoms. The molecule has 0 N–H and O–H groups in total. The van der Waals surface area contributed by atoms with E-state index < -0.39 is 0 Å². The molecule has 252 valence electrons. The molecular formula is C49H36N4. The van der Waals surface area contributed by atoms with Crippen LogP contribution in [0.1, 0.15) is 43.4 Å². The first-order valence-electron chi connectivity index (χ1n) is 18.1. The highest BCUT2D eigenvalue weighted by Crippen LogP contribution is 2.54. The summed E-state index contributed by atoms with van der Waals surface area (Å²) in [4.78, 5) is 14.8.